The van der Waals surface area contributed by atoms with Crippen molar-refractivity contribution in [3.8, 4) is 17.1 Å². The number of fused-ring (bicyclic) bond motifs is 3. The topological polar surface area (TPSA) is 68.2 Å². The van der Waals surface area contributed by atoms with Crippen LogP contribution in [0.15, 0.2) is 47.6 Å². The fourth-order valence-electron chi connectivity index (χ4n) is 3.29. The predicted octanol–water partition coefficient (Wildman–Crippen LogP) is 5.67. The van der Waals surface area contributed by atoms with Crippen molar-refractivity contribution in [3.63, 3.8) is 0 Å². The van der Waals surface area contributed by atoms with Gasteiger partial charge in [0.2, 0.25) is 23.2 Å². The largest absolute Gasteiger partial charge is 0.447 e. The van der Waals surface area contributed by atoms with Gasteiger partial charge in [-0.1, -0.05) is 48.8 Å². The number of benzene rings is 2. The monoisotopic (exact) mass is 458 g/mol. The summed E-state index contributed by atoms with van der Waals surface area (Å²) in [6, 6.07) is 11.0. The molecule has 160 valence electrons. The molecule has 1 aliphatic rings. The molecule has 31 heavy (non-hydrogen) atoms. The van der Waals surface area contributed by atoms with Crippen molar-refractivity contribution in [2.24, 2.45) is 0 Å². The lowest BCUT2D eigenvalue weighted by Gasteiger charge is -2.29. The second-order valence-corrected chi connectivity index (χ2v) is 8.52. The van der Waals surface area contributed by atoms with E-state index in [0.717, 1.165) is 18.6 Å². The molecule has 6 nitrogen and oxygen atoms in total. The maximum Gasteiger partial charge on any atom is 0.247 e. The highest BCUT2D eigenvalue weighted by Gasteiger charge is 2.34. The molecule has 1 unspecified atom stereocenters. The van der Waals surface area contributed by atoms with Crippen LogP contribution in [0, 0.1) is 5.82 Å². The minimum Gasteiger partial charge on any atom is -0.447 e. The number of carbonyl (C=O) groups excluding carboxylic acids is 1. The summed E-state index contributed by atoms with van der Waals surface area (Å²) in [6.07, 6.45) is 1.23. The van der Waals surface area contributed by atoms with E-state index in [4.69, 9.17) is 16.3 Å². The maximum atomic E-state index is 13.5. The molecule has 0 saturated carbocycles. The summed E-state index contributed by atoms with van der Waals surface area (Å²) in [5.74, 6) is 0.477. The number of halogens is 2. The highest BCUT2D eigenvalue weighted by molar-refractivity contribution is 7.99. The molecule has 1 amide bonds. The van der Waals surface area contributed by atoms with Gasteiger partial charge >= 0.3 is 0 Å². The molecule has 0 N–H and O–H groups in total. The van der Waals surface area contributed by atoms with Crippen molar-refractivity contribution in [3.05, 3.63) is 58.9 Å². The Morgan fingerprint density at radius 3 is 2.71 bits per heavy atom. The van der Waals surface area contributed by atoms with E-state index in [9.17, 15) is 9.18 Å². The van der Waals surface area contributed by atoms with Crippen molar-refractivity contribution < 1.29 is 13.9 Å². The number of hydrogen-bond donors (Lipinski definition) is 0. The van der Waals surface area contributed by atoms with Gasteiger partial charge in [0.05, 0.1) is 5.69 Å². The quantitative estimate of drug-likeness (QED) is 0.362. The van der Waals surface area contributed by atoms with Crippen LogP contribution in [0.5, 0.6) is 5.88 Å². The second kappa shape index (κ2) is 9.20. The summed E-state index contributed by atoms with van der Waals surface area (Å²) < 4.78 is 19.8. The van der Waals surface area contributed by atoms with Gasteiger partial charge in [-0.05, 0) is 36.8 Å². The Labute approximate surface area is 188 Å². The van der Waals surface area contributed by atoms with E-state index < -0.39 is 6.23 Å². The fourth-order valence-corrected chi connectivity index (χ4v) is 4.32. The van der Waals surface area contributed by atoms with Gasteiger partial charge in [-0.25, -0.2) is 4.39 Å². The van der Waals surface area contributed by atoms with Gasteiger partial charge in [0.25, 0.3) is 0 Å². The van der Waals surface area contributed by atoms with Crippen LogP contribution in [0.2, 0.25) is 5.02 Å². The Hall–Kier alpha value is -2.71. The van der Waals surface area contributed by atoms with E-state index >= 15 is 0 Å². The summed E-state index contributed by atoms with van der Waals surface area (Å²) in [6.45, 7) is 3.56. The molecule has 3 aromatic rings. The third kappa shape index (κ3) is 4.50. The first-order valence-electron chi connectivity index (χ1n) is 9.87. The number of carbonyl (C=O) groups is 1. The van der Waals surface area contributed by atoms with Crippen LogP contribution in [0.25, 0.3) is 11.3 Å². The average Bonchev–Trinajstić information content (AvgIpc) is 2.88. The Balaban J connectivity index is 1.87. The lowest BCUT2D eigenvalue weighted by atomic mass is 10.1. The molecular weight excluding hydrogens is 439 g/mol. The van der Waals surface area contributed by atoms with Crippen LogP contribution in [0.3, 0.4) is 0 Å². The molecule has 2 heterocycles. The number of ether oxygens (including phenoxy) is 1. The van der Waals surface area contributed by atoms with Crippen LogP contribution >= 0.6 is 23.4 Å². The molecule has 1 aromatic heterocycles. The first-order chi connectivity index (χ1) is 15.0. The number of amides is 1. The molecule has 9 heteroatoms. The number of aromatic nitrogens is 3. The number of unbranched alkanes of at least 4 members (excludes halogenated alkanes) is 1. The zero-order chi connectivity index (χ0) is 22.0. The molecule has 1 aliphatic heterocycles. The molecule has 1 atom stereocenters. The summed E-state index contributed by atoms with van der Waals surface area (Å²) in [5.41, 5.74) is 2.15. The molecule has 2 aromatic carbocycles. The molecule has 0 fully saturated rings. The van der Waals surface area contributed by atoms with Gasteiger partial charge in [0.15, 0.2) is 5.69 Å². The zero-order valence-electron chi connectivity index (χ0n) is 17.0. The van der Waals surface area contributed by atoms with E-state index in [0.29, 0.717) is 32.7 Å². The van der Waals surface area contributed by atoms with Crippen LogP contribution in [-0.2, 0) is 4.79 Å². The van der Waals surface area contributed by atoms with Crippen molar-refractivity contribution >= 4 is 35.0 Å². The summed E-state index contributed by atoms with van der Waals surface area (Å²) in [7, 11) is 0. The molecule has 0 spiro atoms. The van der Waals surface area contributed by atoms with Crippen LogP contribution < -0.4 is 9.64 Å². The smallest absolute Gasteiger partial charge is 0.247 e. The average molecular weight is 459 g/mol. The SMILES string of the molecule is CCCCSc1nnc2c(n1)OC(c1ccc(F)cc1)N(C(C)=O)c1ccc(Cl)cc1-2. The van der Waals surface area contributed by atoms with Gasteiger partial charge in [-0.2, -0.15) is 4.98 Å². The molecule has 0 aliphatic carbocycles. The Kier molecular flexibility index (Phi) is 6.38. The summed E-state index contributed by atoms with van der Waals surface area (Å²) in [5, 5.41) is 9.57. The van der Waals surface area contributed by atoms with E-state index in [1.807, 2.05) is 0 Å². The molecule has 0 saturated heterocycles. The third-order valence-corrected chi connectivity index (χ3v) is 5.95. The number of hydrogen-bond acceptors (Lipinski definition) is 6. The highest BCUT2D eigenvalue weighted by Crippen LogP contribution is 2.44. The lowest BCUT2D eigenvalue weighted by molar-refractivity contribution is -0.118. The van der Waals surface area contributed by atoms with Gasteiger partial charge in [-0.15, -0.1) is 10.2 Å². The first-order valence-corrected chi connectivity index (χ1v) is 11.2. The van der Waals surface area contributed by atoms with E-state index in [-0.39, 0.29) is 17.6 Å². The Bertz CT molecular complexity index is 1110. The summed E-state index contributed by atoms with van der Waals surface area (Å²) in [4.78, 5) is 18.8. The highest BCUT2D eigenvalue weighted by atomic mass is 35.5. The zero-order valence-corrected chi connectivity index (χ0v) is 18.6. The van der Waals surface area contributed by atoms with Crippen molar-refractivity contribution in [1.82, 2.24) is 15.2 Å². The number of nitrogens with zero attached hydrogens (tertiary/aromatic N) is 4. The normalized spacial score (nSPS) is 15.0. The van der Waals surface area contributed by atoms with Crippen LogP contribution in [0.4, 0.5) is 10.1 Å². The molecule has 4 rings (SSSR count). The van der Waals surface area contributed by atoms with Gasteiger partial charge in [-0.3, -0.25) is 9.69 Å². The van der Waals surface area contributed by atoms with Crippen LogP contribution in [0.1, 0.15) is 38.5 Å². The van der Waals surface area contributed by atoms with Crippen molar-refractivity contribution in [2.75, 3.05) is 10.7 Å². The maximum absolute atomic E-state index is 13.5. The van der Waals surface area contributed by atoms with Gasteiger partial charge < -0.3 is 4.74 Å². The Morgan fingerprint density at radius 2 is 2.00 bits per heavy atom. The number of anilines is 1. The molecule has 0 radical (unpaired) electrons. The van der Waals surface area contributed by atoms with E-state index in [2.05, 4.69) is 22.1 Å². The fraction of sp³-hybridized carbons (Fsp3) is 0.273. The molecule has 0 bridgehead atoms. The minimum absolute atomic E-state index is 0.246. The lowest BCUT2D eigenvalue weighted by Crippen LogP contribution is -2.36. The number of rotatable bonds is 5. The predicted molar refractivity (Wildman–Crippen MR) is 119 cm³/mol. The standard InChI is InChI=1S/C22H20ClFN4O2S/c1-3-4-11-31-22-25-20-19(26-27-22)17-12-15(23)7-10-18(17)28(13(2)29)21(30-20)14-5-8-16(24)9-6-14/h5-10,12,21H,3-4,11H2,1-2H3. The molecular formula is C22H20ClFN4O2S. The van der Waals surface area contributed by atoms with Gasteiger partial charge in [0.1, 0.15) is 5.82 Å². The second-order valence-electron chi connectivity index (χ2n) is 7.02. The van der Waals surface area contributed by atoms with Gasteiger partial charge in [0, 0.05) is 28.8 Å². The van der Waals surface area contributed by atoms with E-state index in [1.54, 1.807) is 30.3 Å². The first kappa shape index (κ1) is 21.5. The Morgan fingerprint density at radius 1 is 1.23 bits per heavy atom. The minimum atomic E-state index is -0.857. The van der Waals surface area contributed by atoms with Crippen molar-refractivity contribution in [1.29, 1.82) is 0 Å². The van der Waals surface area contributed by atoms with E-state index in [1.165, 1.54) is 35.7 Å². The van der Waals surface area contributed by atoms with Crippen molar-refractivity contribution in [2.45, 2.75) is 38.1 Å². The third-order valence-electron chi connectivity index (χ3n) is 4.79. The van der Waals surface area contributed by atoms with Crippen LogP contribution in [-0.4, -0.2) is 26.8 Å². The number of thioether (sulfide) groups is 1. The summed E-state index contributed by atoms with van der Waals surface area (Å²) >= 11 is 7.75.